The van der Waals surface area contributed by atoms with Gasteiger partial charge in [-0.15, -0.1) is 0 Å². The summed E-state index contributed by atoms with van der Waals surface area (Å²) in [5.41, 5.74) is 11.5. The molecule has 272 valence electrons. The molecule has 1 aliphatic rings. The molecule has 0 N–H and O–H groups in total. The fourth-order valence-electron chi connectivity index (χ4n) is 8.06. The van der Waals surface area contributed by atoms with Gasteiger partial charge in [0.15, 0.2) is 0 Å². The van der Waals surface area contributed by atoms with Crippen LogP contribution in [0.3, 0.4) is 0 Å². The minimum atomic E-state index is 0.00860. The van der Waals surface area contributed by atoms with Crippen LogP contribution in [0.1, 0.15) is 26.3 Å². The first-order chi connectivity index (χ1) is 27.4. The van der Waals surface area contributed by atoms with Crippen molar-refractivity contribution in [3.05, 3.63) is 188 Å². The van der Waals surface area contributed by atoms with E-state index in [-0.39, 0.29) is 5.41 Å². The second kappa shape index (κ2) is 13.4. The van der Waals surface area contributed by atoms with Gasteiger partial charge in [-0.1, -0.05) is 118 Å². The highest BCUT2D eigenvalue weighted by molar-refractivity contribution is 6.09. The molecule has 0 atom stereocenters. The van der Waals surface area contributed by atoms with Gasteiger partial charge in [-0.3, -0.25) is 9.13 Å². The quantitative estimate of drug-likeness (QED) is 0.164. The molecule has 7 aromatic carbocycles. The van der Waals surface area contributed by atoms with Crippen LogP contribution in [0.15, 0.2) is 182 Å². The molecule has 56 heavy (non-hydrogen) atoms. The Balaban J connectivity index is 1.02. The number of ether oxygens (including phenoxy) is 1. The topological polar surface area (TPSA) is 38.5 Å². The van der Waals surface area contributed by atoms with E-state index in [2.05, 4.69) is 197 Å². The maximum absolute atomic E-state index is 6.72. The molecule has 0 radical (unpaired) electrons. The number of para-hydroxylation sites is 4. The highest BCUT2D eigenvalue weighted by Crippen LogP contribution is 2.48. The Kier molecular flexibility index (Phi) is 7.99. The lowest BCUT2D eigenvalue weighted by molar-refractivity contribution is 0.483. The van der Waals surface area contributed by atoms with Crippen molar-refractivity contribution in [2.75, 3.05) is 16.5 Å². The average molecular weight is 728 g/mol. The molecule has 0 unspecified atom stereocenters. The minimum Gasteiger partial charge on any atom is -0.457 e. The average Bonchev–Trinajstić information content (AvgIpc) is 3.95. The molecule has 0 saturated heterocycles. The number of aromatic nitrogens is 3. The second-order valence-corrected chi connectivity index (χ2v) is 15.4. The van der Waals surface area contributed by atoms with Crippen molar-refractivity contribution in [2.24, 2.45) is 0 Å². The molecule has 0 aliphatic carbocycles. The van der Waals surface area contributed by atoms with Gasteiger partial charge in [0.1, 0.15) is 18.2 Å². The molecule has 0 bridgehead atoms. The number of fused-ring (bicyclic) bond motifs is 4. The lowest BCUT2D eigenvalue weighted by atomic mass is 9.85. The Hall–Kier alpha value is -7.05. The molecular formula is C50H41N5O. The minimum absolute atomic E-state index is 0.00860. The van der Waals surface area contributed by atoms with E-state index in [9.17, 15) is 0 Å². The molecule has 6 heteroatoms. The summed E-state index contributed by atoms with van der Waals surface area (Å²) >= 11 is 0. The van der Waals surface area contributed by atoms with Crippen molar-refractivity contribution >= 4 is 44.6 Å². The van der Waals surface area contributed by atoms with Crippen LogP contribution in [0.4, 0.5) is 22.7 Å². The first-order valence-corrected chi connectivity index (χ1v) is 19.2. The van der Waals surface area contributed by atoms with E-state index in [1.54, 1.807) is 0 Å². The van der Waals surface area contributed by atoms with Crippen LogP contribution in [0.5, 0.6) is 11.5 Å². The Morgan fingerprint density at radius 1 is 0.536 bits per heavy atom. The van der Waals surface area contributed by atoms with Gasteiger partial charge in [0.25, 0.3) is 0 Å². The zero-order valence-corrected chi connectivity index (χ0v) is 31.7. The Morgan fingerprint density at radius 2 is 1.21 bits per heavy atom. The summed E-state index contributed by atoms with van der Waals surface area (Å²) in [5.74, 6) is 2.35. The predicted molar refractivity (Wildman–Crippen MR) is 231 cm³/mol. The molecule has 3 heterocycles. The SMILES string of the molecule is CC(C)(C)c1ccc(-c2ccccc2)c(N2CN(c3cccc(Oc4ccc5c6ccccc6n(-c6nccn6-c6ccccc6)c5c4)c3)c3ccccc32)c1. The number of anilines is 4. The smallest absolute Gasteiger partial charge is 0.219 e. The summed E-state index contributed by atoms with van der Waals surface area (Å²) in [6.07, 6.45) is 3.87. The molecule has 0 fully saturated rings. The van der Waals surface area contributed by atoms with Gasteiger partial charge in [-0.2, -0.15) is 0 Å². The number of hydrogen-bond donors (Lipinski definition) is 0. The monoisotopic (exact) mass is 727 g/mol. The van der Waals surface area contributed by atoms with Crippen LogP contribution in [0, 0.1) is 0 Å². The van der Waals surface area contributed by atoms with E-state index in [1.807, 2.05) is 24.5 Å². The van der Waals surface area contributed by atoms with Gasteiger partial charge in [0, 0.05) is 52.2 Å². The van der Waals surface area contributed by atoms with Crippen molar-refractivity contribution in [1.82, 2.24) is 14.1 Å². The molecule has 0 amide bonds. The molecule has 2 aromatic heterocycles. The van der Waals surface area contributed by atoms with E-state index in [1.165, 1.54) is 33.5 Å². The standard InChI is InChI=1S/C50H41N5O/c1-50(2,3)36-25-27-41(35-15-6-4-7-16-35)47(31-36)54-34-53(45-23-12-13-24-46(45)54)38-19-14-20-39(32-38)56-40-26-28-43-42-21-10-11-22-44(42)55(48(43)33-40)49-51-29-30-52(49)37-17-8-5-9-18-37/h4-33H,34H2,1-3H3. The maximum Gasteiger partial charge on any atom is 0.219 e. The third-order valence-electron chi connectivity index (χ3n) is 10.9. The van der Waals surface area contributed by atoms with Gasteiger partial charge in [-0.05, 0) is 77.2 Å². The van der Waals surface area contributed by atoms with Crippen LogP contribution in [-0.4, -0.2) is 20.8 Å². The van der Waals surface area contributed by atoms with Crippen molar-refractivity contribution in [1.29, 1.82) is 0 Å². The molecular weight excluding hydrogens is 687 g/mol. The largest absolute Gasteiger partial charge is 0.457 e. The molecule has 6 nitrogen and oxygen atoms in total. The van der Waals surface area contributed by atoms with Crippen molar-refractivity contribution in [3.8, 4) is 34.3 Å². The van der Waals surface area contributed by atoms with Gasteiger partial charge < -0.3 is 14.5 Å². The second-order valence-electron chi connectivity index (χ2n) is 15.4. The van der Waals surface area contributed by atoms with E-state index >= 15 is 0 Å². The number of imidazole rings is 1. The number of benzene rings is 7. The summed E-state index contributed by atoms with van der Waals surface area (Å²) < 4.78 is 11.1. The first kappa shape index (κ1) is 33.5. The fourth-order valence-corrected chi connectivity index (χ4v) is 8.06. The molecule has 0 saturated carbocycles. The Morgan fingerprint density at radius 3 is 2.02 bits per heavy atom. The summed E-state index contributed by atoms with van der Waals surface area (Å²) in [6, 6.07) is 60.0. The van der Waals surface area contributed by atoms with E-state index < -0.39 is 0 Å². The van der Waals surface area contributed by atoms with Crippen LogP contribution >= 0.6 is 0 Å². The molecule has 9 aromatic rings. The van der Waals surface area contributed by atoms with Gasteiger partial charge in [-0.25, -0.2) is 4.98 Å². The van der Waals surface area contributed by atoms with Gasteiger partial charge in [0.05, 0.1) is 28.1 Å². The number of hydrogen-bond acceptors (Lipinski definition) is 4. The van der Waals surface area contributed by atoms with E-state index in [4.69, 9.17) is 9.72 Å². The van der Waals surface area contributed by atoms with Crippen LogP contribution in [0.25, 0.3) is 44.6 Å². The number of rotatable bonds is 7. The van der Waals surface area contributed by atoms with Crippen molar-refractivity contribution in [2.45, 2.75) is 26.2 Å². The lowest BCUT2D eigenvalue weighted by Crippen LogP contribution is -2.25. The van der Waals surface area contributed by atoms with Crippen LogP contribution < -0.4 is 14.5 Å². The molecule has 0 spiro atoms. The summed E-state index contributed by atoms with van der Waals surface area (Å²) in [4.78, 5) is 9.70. The highest BCUT2D eigenvalue weighted by atomic mass is 16.5. The predicted octanol–water partition coefficient (Wildman–Crippen LogP) is 13.0. The normalized spacial score (nSPS) is 12.8. The van der Waals surface area contributed by atoms with Crippen LogP contribution in [-0.2, 0) is 5.41 Å². The van der Waals surface area contributed by atoms with Gasteiger partial charge in [0.2, 0.25) is 5.95 Å². The number of nitrogens with zero attached hydrogens (tertiary/aromatic N) is 5. The lowest BCUT2D eigenvalue weighted by Gasteiger charge is -2.27. The van der Waals surface area contributed by atoms with Crippen molar-refractivity contribution < 1.29 is 4.74 Å². The van der Waals surface area contributed by atoms with Gasteiger partial charge >= 0.3 is 0 Å². The Labute approximate surface area is 327 Å². The summed E-state index contributed by atoms with van der Waals surface area (Å²) in [7, 11) is 0. The highest BCUT2D eigenvalue weighted by Gasteiger charge is 2.30. The van der Waals surface area contributed by atoms with Crippen LogP contribution in [0.2, 0.25) is 0 Å². The van der Waals surface area contributed by atoms with Crippen molar-refractivity contribution in [3.63, 3.8) is 0 Å². The summed E-state index contributed by atoms with van der Waals surface area (Å²) in [6.45, 7) is 7.50. The zero-order valence-electron chi connectivity index (χ0n) is 31.7. The van der Waals surface area contributed by atoms with E-state index in [0.717, 1.165) is 50.9 Å². The summed E-state index contributed by atoms with van der Waals surface area (Å²) in [5, 5.41) is 2.31. The molecule has 10 rings (SSSR count). The third-order valence-corrected chi connectivity index (χ3v) is 10.9. The van der Waals surface area contributed by atoms with E-state index in [0.29, 0.717) is 6.67 Å². The maximum atomic E-state index is 6.72. The third kappa shape index (κ3) is 5.78. The zero-order chi connectivity index (χ0) is 37.8. The fraction of sp³-hybridized carbons (Fsp3) is 0.100. The molecule has 1 aliphatic heterocycles. The Bertz CT molecular complexity index is 2870. The first-order valence-electron chi connectivity index (χ1n) is 19.2.